The standard InChI is InChI=1S/C27H34O5/c1-3-4-5-6-7-8-9-10-20-31-26-13-11-12-24(28)27(26)25(29)19-16-22-14-17-23(18-15-22)32-21-30-2/h7-8,11-19,28H,3-6,9-10,20-21H2,1-2H3/b8-7-,19-16?. The van der Waals surface area contributed by atoms with E-state index in [2.05, 4.69) is 19.1 Å². The third-order valence-corrected chi connectivity index (χ3v) is 4.82. The molecule has 0 spiro atoms. The van der Waals surface area contributed by atoms with Crippen molar-refractivity contribution in [2.24, 2.45) is 0 Å². The number of carbonyl (C=O) groups is 1. The van der Waals surface area contributed by atoms with Gasteiger partial charge in [0.2, 0.25) is 0 Å². The first-order valence-electron chi connectivity index (χ1n) is 11.2. The Bertz CT molecular complexity index is 868. The van der Waals surface area contributed by atoms with Crippen LogP contribution in [0.2, 0.25) is 0 Å². The van der Waals surface area contributed by atoms with Gasteiger partial charge in [-0.1, -0.05) is 56.2 Å². The van der Waals surface area contributed by atoms with Gasteiger partial charge in [0.25, 0.3) is 0 Å². The smallest absolute Gasteiger partial charge is 0.193 e. The molecule has 5 heteroatoms. The highest BCUT2D eigenvalue weighted by atomic mass is 16.7. The highest BCUT2D eigenvalue weighted by Gasteiger charge is 2.15. The van der Waals surface area contributed by atoms with Crippen molar-refractivity contribution < 1.29 is 24.1 Å². The van der Waals surface area contributed by atoms with E-state index >= 15 is 0 Å². The Morgan fingerprint density at radius 1 is 0.969 bits per heavy atom. The van der Waals surface area contributed by atoms with E-state index in [-0.39, 0.29) is 23.9 Å². The third-order valence-electron chi connectivity index (χ3n) is 4.82. The number of benzene rings is 2. The van der Waals surface area contributed by atoms with Crippen LogP contribution in [0.15, 0.2) is 60.7 Å². The zero-order valence-corrected chi connectivity index (χ0v) is 19.1. The number of rotatable bonds is 15. The van der Waals surface area contributed by atoms with Gasteiger partial charge in [0.1, 0.15) is 22.8 Å². The summed E-state index contributed by atoms with van der Waals surface area (Å²) in [6.07, 6.45) is 14.2. The molecule has 2 rings (SSSR count). The summed E-state index contributed by atoms with van der Waals surface area (Å²) < 4.78 is 16.0. The van der Waals surface area contributed by atoms with E-state index in [1.165, 1.54) is 31.4 Å². The molecule has 2 aromatic carbocycles. The molecule has 2 aromatic rings. The van der Waals surface area contributed by atoms with Crippen molar-refractivity contribution >= 4 is 11.9 Å². The monoisotopic (exact) mass is 438 g/mol. The van der Waals surface area contributed by atoms with E-state index in [0.29, 0.717) is 18.1 Å². The number of ketones is 1. The van der Waals surface area contributed by atoms with E-state index in [1.807, 2.05) is 12.1 Å². The topological polar surface area (TPSA) is 65.0 Å². The highest BCUT2D eigenvalue weighted by Crippen LogP contribution is 2.29. The van der Waals surface area contributed by atoms with Crippen LogP contribution in [0.1, 0.15) is 61.4 Å². The summed E-state index contributed by atoms with van der Waals surface area (Å²) in [7, 11) is 1.56. The van der Waals surface area contributed by atoms with Crippen LogP contribution >= 0.6 is 0 Å². The maximum atomic E-state index is 12.7. The molecule has 0 aliphatic heterocycles. The molecule has 0 atom stereocenters. The van der Waals surface area contributed by atoms with Crippen LogP contribution in [0.25, 0.3) is 6.08 Å². The Morgan fingerprint density at radius 3 is 2.44 bits per heavy atom. The quantitative estimate of drug-likeness (QED) is 0.112. The third kappa shape index (κ3) is 8.98. The van der Waals surface area contributed by atoms with Crippen molar-refractivity contribution in [1.29, 1.82) is 0 Å². The first-order chi connectivity index (χ1) is 15.7. The molecule has 5 nitrogen and oxygen atoms in total. The lowest BCUT2D eigenvalue weighted by Gasteiger charge is -2.10. The summed E-state index contributed by atoms with van der Waals surface area (Å²) in [6.45, 7) is 2.86. The maximum absolute atomic E-state index is 12.7. The number of aromatic hydroxyl groups is 1. The van der Waals surface area contributed by atoms with Gasteiger partial charge in [-0.25, -0.2) is 0 Å². The van der Waals surface area contributed by atoms with Crippen molar-refractivity contribution in [2.45, 2.75) is 45.4 Å². The van der Waals surface area contributed by atoms with Gasteiger partial charge in [-0.15, -0.1) is 0 Å². The molecule has 0 radical (unpaired) electrons. The number of phenolic OH excluding ortho intramolecular Hbond substituents is 1. The number of phenols is 1. The van der Waals surface area contributed by atoms with E-state index in [0.717, 1.165) is 24.8 Å². The van der Waals surface area contributed by atoms with Crippen molar-refractivity contribution in [3.63, 3.8) is 0 Å². The van der Waals surface area contributed by atoms with Crippen LogP contribution in [-0.2, 0) is 4.74 Å². The number of carbonyl (C=O) groups excluding carboxylic acids is 1. The number of unbranched alkanes of at least 4 members (excludes halogenated alkanes) is 4. The average molecular weight is 439 g/mol. The summed E-state index contributed by atoms with van der Waals surface area (Å²) in [5, 5.41) is 10.2. The van der Waals surface area contributed by atoms with Crippen LogP contribution in [0.4, 0.5) is 0 Å². The van der Waals surface area contributed by atoms with Crippen LogP contribution < -0.4 is 9.47 Å². The summed E-state index contributed by atoms with van der Waals surface area (Å²) in [4.78, 5) is 12.7. The molecule has 0 heterocycles. The van der Waals surface area contributed by atoms with Gasteiger partial charge in [-0.3, -0.25) is 4.79 Å². The zero-order valence-electron chi connectivity index (χ0n) is 19.1. The molecule has 0 amide bonds. The summed E-state index contributed by atoms with van der Waals surface area (Å²) in [5.74, 6) is 0.683. The summed E-state index contributed by atoms with van der Waals surface area (Å²) >= 11 is 0. The van der Waals surface area contributed by atoms with E-state index in [9.17, 15) is 9.90 Å². The first-order valence-corrected chi connectivity index (χ1v) is 11.2. The van der Waals surface area contributed by atoms with Gasteiger partial charge in [-0.2, -0.15) is 0 Å². The Balaban J connectivity index is 1.90. The fourth-order valence-electron chi connectivity index (χ4n) is 3.08. The first kappa shape index (κ1) is 25.2. The predicted octanol–water partition coefficient (Wildman–Crippen LogP) is 6.57. The SMILES string of the molecule is CCCCC/C=C\CCCOc1cccc(O)c1C(=O)C=Cc1ccc(OCOC)cc1. The van der Waals surface area contributed by atoms with Crippen molar-refractivity contribution in [3.05, 3.63) is 71.8 Å². The molecule has 32 heavy (non-hydrogen) atoms. The van der Waals surface area contributed by atoms with Gasteiger partial charge >= 0.3 is 0 Å². The number of allylic oxidation sites excluding steroid dienone is 3. The Labute approximate surface area is 191 Å². The van der Waals surface area contributed by atoms with Gasteiger partial charge in [0, 0.05) is 7.11 Å². The Kier molecular flexibility index (Phi) is 11.7. The lowest BCUT2D eigenvalue weighted by atomic mass is 10.1. The zero-order chi connectivity index (χ0) is 23.0. The second-order valence-corrected chi connectivity index (χ2v) is 7.43. The molecule has 0 bridgehead atoms. The van der Waals surface area contributed by atoms with E-state index < -0.39 is 0 Å². The normalized spacial score (nSPS) is 11.3. The van der Waals surface area contributed by atoms with Gasteiger partial charge in [0.05, 0.1) is 6.61 Å². The summed E-state index contributed by atoms with van der Waals surface area (Å²) in [6, 6.07) is 12.2. The summed E-state index contributed by atoms with van der Waals surface area (Å²) in [5.41, 5.74) is 1.02. The average Bonchev–Trinajstić information content (AvgIpc) is 2.81. The van der Waals surface area contributed by atoms with E-state index in [1.54, 1.807) is 37.5 Å². The highest BCUT2D eigenvalue weighted by molar-refractivity contribution is 6.10. The number of hydrogen-bond acceptors (Lipinski definition) is 5. The Hall–Kier alpha value is -3.05. The van der Waals surface area contributed by atoms with Crippen molar-refractivity contribution in [1.82, 2.24) is 0 Å². The second kappa shape index (κ2) is 14.9. The maximum Gasteiger partial charge on any atom is 0.193 e. The minimum absolute atomic E-state index is 0.0868. The lowest BCUT2D eigenvalue weighted by molar-refractivity contribution is 0.0511. The second-order valence-electron chi connectivity index (χ2n) is 7.43. The van der Waals surface area contributed by atoms with Crippen LogP contribution in [0.5, 0.6) is 17.2 Å². The van der Waals surface area contributed by atoms with Crippen LogP contribution in [0.3, 0.4) is 0 Å². The molecule has 0 aromatic heterocycles. The molecule has 172 valence electrons. The Morgan fingerprint density at radius 2 is 1.72 bits per heavy atom. The fourth-order valence-corrected chi connectivity index (χ4v) is 3.08. The molecule has 0 aliphatic rings. The molecule has 0 saturated heterocycles. The number of hydrogen-bond donors (Lipinski definition) is 1. The van der Waals surface area contributed by atoms with Crippen molar-refractivity contribution in [3.8, 4) is 17.2 Å². The fraction of sp³-hybridized carbons (Fsp3) is 0.370. The van der Waals surface area contributed by atoms with Crippen LogP contribution in [-0.4, -0.2) is 31.4 Å². The molecular weight excluding hydrogens is 404 g/mol. The molecule has 0 saturated carbocycles. The molecular formula is C27H34O5. The lowest BCUT2D eigenvalue weighted by Crippen LogP contribution is -2.04. The number of methoxy groups -OCH3 is 1. The van der Waals surface area contributed by atoms with Gasteiger partial charge in [0.15, 0.2) is 12.6 Å². The minimum atomic E-state index is -0.311. The van der Waals surface area contributed by atoms with Crippen LogP contribution in [0, 0.1) is 0 Å². The molecule has 0 aliphatic carbocycles. The van der Waals surface area contributed by atoms with Gasteiger partial charge in [-0.05, 0) is 61.6 Å². The number of ether oxygens (including phenoxy) is 3. The molecule has 0 fully saturated rings. The van der Waals surface area contributed by atoms with Crippen molar-refractivity contribution in [2.75, 3.05) is 20.5 Å². The molecule has 0 unspecified atom stereocenters. The largest absolute Gasteiger partial charge is 0.507 e. The van der Waals surface area contributed by atoms with E-state index in [4.69, 9.17) is 14.2 Å². The molecule has 1 N–H and O–H groups in total. The van der Waals surface area contributed by atoms with Gasteiger partial charge < -0.3 is 19.3 Å². The minimum Gasteiger partial charge on any atom is -0.507 e. The predicted molar refractivity (Wildman–Crippen MR) is 128 cm³/mol.